The van der Waals surface area contributed by atoms with E-state index >= 15 is 0 Å². The maximum Gasteiger partial charge on any atom is 0.478 e. The zero-order valence-electron chi connectivity index (χ0n) is 48.2. The lowest BCUT2D eigenvalue weighted by Crippen LogP contribution is -2.74. The Morgan fingerprint density at radius 2 is 0.537 bits per heavy atom. The van der Waals surface area contributed by atoms with Gasteiger partial charge in [0.2, 0.25) is 0 Å². The van der Waals surface area contributed by atoms with Gasteiger partial charge >= 0.3 is 24.1 Å². The molecule has 2 saturated heterocycles. The molecule has 8 aromatic carbocycles. The predicted molar refractivity (Wildman–Crippen MR) is 336 cm³/mol. The van der Waals surface area contributed by atoms with Gasteiger partial charge in [-0.1, -0.05) is 243 Å². The van der Waals surface area contributed by atoms with Crippen LogP contribution >= 0.6 is 0 Å². The van der Waals surface area contributed by atoms with Gasteiger partial charge in [-0.05, 0) is 13.8 Å². The molecule has 80 heavy (non-hydrogen) atoms. The van der Waals surface area contributed by atoms with Crippen molar-refractivity contribution < 1.29 is 28.2 Å². The van der Waals surface area contributed by atoms with Crippen molar-refractivity contribution in [2.75, 3.05) is 81.7 Å². The van der Waals surface area contributed by atoms with Crippen molar-refractivity contribution in [3.8, 4) is 0 Å². The largest absolute Gasteiger partial charge is 0.478 e. The minimum absolute atomic E-state index is 0.257. The zero-order chi connectivity index (χ0) is 56.7. The van der Waals surface area contributed by atoms with Gasteiger partial charge in [0.25, 0.3) is 0 Å². The third-order valence-corrected chi connectivity index (χ3v) is 15.1. The number of carbonyl (C=O) groups excluding carboxylic acids is 2. The number of benzene rings is 8. The summed E-state index contributed by atoms with van der Waals surface area (Å²) in [6.07, 6.45) is -0.987. The maximum atomic E-state index is 11.7. The quantitative estimate of drug-likeness (QED) is 0.109. The fourth-order valence-corrected chi connectivity index (χ4v) is 11.9. The predicted octanol–water partition coefficient (Wildman–Crippen LogP) is 6.95. The Bertz CT molecular complexity index is 2640. The number of hydrogen-bond acceptors (Lipinski definition) is 4. The highest BCUT2D eigenvalue weighted by Gasteiger charge is 2.37. The van der Waals surface area contributed by atoms with Crippen LogP contribution < -0.4 is 43.7 Å². The van der Waals surface area contributed by atoms with Gasteiger partial charge in [-0.3, -0.25) is 19.0 Å². The van der Waals surface area contributed by atoms with Crippen LogP contribution in [-0.2, 0) is 9.47 Å². The normalized spacial score (nSPS) is 13.2. The van der Waals surface area contributed by atoms with Crippen molar-refractivity contribution in [3.05, 3.63) is 243 Å². The van der Waals surface area contributed by atoms with Gasteiger partial charge in [-0.2, -0.15) is 53.5 Å². The summed E-state index contributed by atoms with van der Waals surface area (Å²) in [6.45, 7) is 7.89. The summed E-state index contributed by atoms with van der Waals surface area (Å²) in [7, 11) is 11.7. The van der Waals surface area contributed by atoms with Crippen molar-refractivity contribution in [1.29, 1.82) is 0 Å². The van der Waals surface area contributed by atoms with Gasteiger partial charge in [0.15, 0.2) is 0 Å². The molecule has 8 aromatic rings. The summed E-state index contributed by atoms with van der Waals surface area (Å²) in [5.74, 6) is 1.81. The van der Waals surface area contributed by atoms with Crippen LogP contribution in [0.15, 0.2) is 243 Å². The first-order valence-electron chi connectivity index (χ1n) is 28.1. The van der Waals surface area contributed by atoms with E-state index in [9.17, 15) is 9.59 Å². The van der Waals surface area contributed by atoms with Gasteiger partial charge in [0.1, 0.15) is 12.3 Å². The average Bonchev–Trinajstić information content (AvgIpc) is 3.51. The number of nitrogens with zero attached hydrogens (tertiary/aromatic N) is 6. The molecule has 0 unspecified atom stereocenters. The van der Waals surface area contributed by atoms with Crippen molar-refractivity contribution in [2.45, 2.75) is 26.7 Å². The Hall–Kier alpha value is -8.63. The molecular formula is C68H80B2N6O4. The van der Waals surface area contributed by atoms with E-state index in [4.69, 9.17) is 9.47 Å². The van der Waals surface area contributed by atoms with Gasteiger partial charge in [0, 0.05) is 12.8 Å². The third kappa shape index (κ3) is 13.8. The Morgan fingerprint density at radius 3 is 0.700 bits per heavy atom. The van der Waals surface area contributed by atoms with E-state index in [-0.39, 0.29) is 12.2 Å². The lowest BCUT2D eigenvalue weighted by Gasteiger charge is -2.44. The van der Waals surface area contributed by atoms with E-state index in [1.807, 2.05) is 65.3 Å². The first kappa shape index (κ1) is 59.0. The lowest BCUT2D eigenvalue weighted by molar-refractivity contribution is -0.476. The first-order chi connectivity index (χ1) is 39.0. The number of hydrogen-bond donors (Lipinski definition) is 0. The molecule has 0 radical (unpaired) electrons. The van der Waals surface area contributed by atoms with E-state index in [2.05, 4.69) is 252 Å². The first-order valence-corrected chi connectivity index (χ1v) is 28.1. The number of amides is 2. The topological polar surface area (TPSA) is 71.6 Å². The summed E-state index contributed by atoms with van der Waals surface area (Å²) in [4.78, 5) is 30.9. The van der Waals surface area contributed by atoms with Crippen LogP contribution in [0.2, 0.25) is 0 Å². The zero-order valence-corrected chi connectivity index (χ0v) is 48.2. The van der Waals surface area contributed by atoms with Crippen molar-refractivity contribution in [3.63, 3.8) is 0 Å². The second-order valence-corrected chi connectivity index (χ2v) is 20.7. The van der Waals surface area contributed by atoms with Gasteiger partial charge in [0.05, 0.1) is 81.7 Å². The fourth-order valence-electron chi connectivity index (χ4n) is 11.9. The molecule has 2 amide bonds. The van der Waals surface area contributed by atoms with Crippen LogP contribution in [0.4, 0.5) is 9.59 Å². The minimum atomic E-state index is -1.22. The van der Waals surface area contributed by atoms with E-state index in [1.165, 1.54) is 43.7 Å². The summed E-state index contributed by atoms with van der Waals surface area (Å²) >= 11 is 0. The SMILES string of the molecule is CCOC(=O)N1CCCN(C)C1=[N+](C)C.CCOC(=O)N1CCCN(C)C1=[N+](C)C.c1ccc([B-](c2ccccc2)(c2ccccc2)c2ccccc2)cc1.c1ccc([B-](c2ccccc2)(c2ccccc2)c2ccccc2)cc1. The second-order valence-electron chi connectivity index (χ2n) is 20.7. The highest BCUT2D eigenvalue weighted by Crippen LogP contribution is 2.13. The smallest absolute Gasteiger partial charge is 0.438 e. The number of guanidine groups is 2. The van der Waals surface area contributed by atoms with Crippen LogP contribution in [0.3, 0.4) is 0 Å². The summed E-state index contributed by atoms with van der Waals surface area (Å²) in [5.41, 5.74) is 10.7. The molecule has 2 aliphatic rings. The van der Waals surface area contributed by atoms with Crippen molar-refractivity contribution >= 4 is 80.1 Å². The highest BCUT2D eigenvalue weighted by molar-refractivity contribution is 7.20. The molecule has 0 N–H and O–H groups in total. The van der Waals surface area contributed by atoms with Crippen LogP contribution in [0.5, 0.6) is 0 Å². The lowest BCUT2D eigenvalue weighted by atomic mass is 9.13. The molecule has 10 nitrogen and oxygen atoms in total. The molecule has 0 saturated carbocycles. The molecule has 12 heteroatoms. The maximum absolute atomic E-state index is 11.7. The second kappa shape index (κ2) is 29.4. The van der Waals surface area contributed by atoms with E-state index < -0.39 is 12.3 Å². The van der Waals surface area contributed by atoms with Gasteiger partial charge in [-0.25, -0.2) is 9.59 Å². The fraction of sp³-hybridized carbons (Fsp3) is 0.235. The van der Waals surface area contributed by atoms with Crippen LogP contribution in [0.1, 0.15) is 26.7 Å². The van der Waals surface area contributed by atoms with E-state index in [0.29, 0.717) is 13.2 Å². The molecule has 0 bridgehead atoms. The molecule has 0 aliphatic carbocycles. The van der Waals surface area contributed by atoms with Gasteiger partial charge < -0.3 is 9.47 Å². The Labute approximate surface area is 476 Å². The summed E-state index contributed by atoms with van der Waals surface area (Å²) in [5, 5.41) is 0. The third-order valence-electron chi connectivity index (χ3n) is 15.1. The summed E-state index contributed by atoms with van der Waals surface area (Å²) < 4.78 is 13.9. The average molecular weight is 1070 g/mol. The molecule has 0 spiro atoms. The molecular weight excluding hydrogens is 986 g/mol. The molecule has 0 atom stereocenters. The molecule has 0 aromatic heterocycles. The Morgan fingerprint density at radius 1 is 0.350 bits per heavy atom. The highest BCUT2D eigenvalue weighted by atomic mass is 16.6. The van der Waals surface area contributed by atoms with E-state index in [0.717, 1.165) is 50.9 Å². The Kier molecular flexibility index (Phi) is 21.7. The molecule has 412 valence electrons. The van der Waals surface area contributed by atoms with Crippen LogP contribution in [0, 0.1) is 0 Å². The van der Waals surface area contributed by atoms with Crippen molar-refractivity contribution in [2.24, 2.45) is 0 Å². The van der Waals surface area contributed by atoms with Crippen LogP contribution in [-0.4, -0.2) is 147 Å². The molecule has 2 aliphatic heterocycles. The summed E-state index contributed by atoms with van der Waals surface area (Å²) in [6, 6.07) is 87.1. The monoisotopic (exact) mass is 1070 g/mol. The minimum Gasteiger partial charge on any atom is -0.438 e. The number of ether oxygens (including phenoxy) is 2. The standard InChI is InChI=1S/2C24H20B.2C10H20N3O2/c2*1-5-13-21(14-6-1)25(22-15-7-2-8-16-22,23-17-9-3-10-18-23)24-19-11-4-12-20-24;2*1-5-15-10(14)13-8-6-7-12(4)9(13)11(2)3/h2*1-20H;2*5-8H2,1-4H3/q2*-1;2*+1. The Balaban J connectivity index is 0.000000159. The van der Waals surface area contributed by atoms with Crippen molar-refractivity contribution in [1.82, 2.24) is 19.6 Å². The molecule has 2 heterocycles. The van der Waals surface area contributed by atoms with Crippen LogP contribution in [0.25, 0.3) is 0 Å². The number of carbonyl (C=O) groups is 2. The number of rotatable bonds is 10. The molecule has 2 fully saturated rings. The molecule has 10 rings (SSSR count). The van der Waals surface area contributed by atoms with Gasteiger partial charge in [-0.15, -0.1) is 0 Å². The van der Waals surface area contributed by atoms with E-state index in [1.54, 1.807) is 9.80 Å².